The smallest absolute Gasteiger partial charge is 0.0723 e. The minimum atomic E-state index is 0.224. The monoisotopic (exact) mass is 237 g/mol. The van der Waals surface area contributed by atoms with Crippen LogP contribution in [0.3, 0.4) is 0 Å². The van der Waals surface area contributed by atoms with Gasteiger partial charge in [-0.25, -0.2) is 0 Å². The molecule has 0 aliphatic rings. The van der Waals surface area contributed by atoms with E-state index in [2.05, 4.69) is 24.4 Å². The van der Waals surface area contributed by atoms with Gasteiger partial charge in [-0.05, 0) is 44.4 Å². The summed E-state index contributed by atoms with van der Waals surface area (Å²) in [5.41, 5.74) is 3.57. The van der Waals surface area contributed by atoms with Crippen molar-refractivity contribution in [3.63, 3.8) is 0 Å². The van der Waals surface area contributed by atoms with Gasteiger partial charge in [-0.2, -0.15) is 0 Å². The average molecular weight is 237 g/mol. The van der Waals surface area contributed by atoms with Crippen LogP contribution in [-0.2, 0) is 11.3 Å². The third-order valence-electron chi connectivity index (χ3n) is 2.67. The summed E-state index contributed by atoms with van der Waals surface area (Å²) in [4.78, 5) is 0. The zero-order valence-electron chi connectivity index (χ0n) is 11.0. The first kappa shape index (κ1) is 14.0. The molecule has 1 rings (SSSR count). The number of anilines is 1. The molecule has 0 fully saturated rings. The van der Waals surface area contributed by atoms with Gasteiger partial charge in [-0.15, -0.1) is 0 Å². The molecule has 0 unspecified atom stereocenters. The number of aliphatic hydroxyl groups is 1. The molecule has 17 heavy (non-hydrogen) atoms. The summed E-state index contributed by atoms with van der Waals surface area (Å²) < 4.78 is 5.62. The quantitative estimate of drug-likeness (QED) is 0.716. The molecule has 96 valence electrons. The molecule has 0 atom stereocenters. The molecular formula is C14H23NO2. The van der Waals surface area contributed by atoms with Crippen LogP contribution in [0.25, 0.3) is 0 Å². The van der Waals surface area contributed by atoms with Crippen LogP contribution in [0, 0.1) is 6.92 Å². The standard InChI is InChI=1S/C14H23NO2/c1-11(2)17-10-13-6-4-7-14(12(13)3)15-8-5-9-16/h4,6-7,11,15-16H,5,8-10H2,1-3H3. The molecule has 0 aliphatic carbocycles. The van der Waals surface area contributed by atoms with Gasteiger partial charge in [0.2, 0.25) is 0 Å². The van der Waals surface area contributed by atoms with Crippen molar-refractivity contribution in [2.24, 2.45) is 0 Å². The van der Waals surface area contributed by atoms with Gasteiger partial charge in [0.05, 0.1) is 12.7 Å². The fraction of sp³-hybridized carbons (Fsp3) is 0.571. The maximum Gasteiger partial charge on any atom is 0.0723 e. The number of ether oxygens (including phenoxy) is 1. The highest BCUT2D eigenvalue weighted by Gasteiger charge is 2.04. The summed E-state index contributed by atoms with van der Waals surface area (Å²) in [6, 6.07) is 6.19. The minimum absolute atomic E-state index is 0.224. The van der Waals surface area contributed by atoms with E-state index in [1.807, 2.05) is 19.9 Å². The lowest BCUT2D eigenvalue weighted by Crippen LogP contribution is -2.07. The first-order valence-electron chi connectivity index (χ1n) is 6.20. The van der Waals surface area contributed by atoms with Gasteiger partial charge in [0.15, 0.2) is 0 Å². The molecule has 3 heteroatoms. The lowest BCUT2D eigenvalue weighted by atomic mass is 10.1. The first-order valence-corrected chi connectivity index (χ1v) is 6.20. The average Bonchev–Trinajstić information content (AvgIpc) is 2.30. The molecule has 0 saturated heterocycles. The predicted octanol–water partition coefficient (Wildman–Crippen LogP) is 2.71. The van der Waals surface area contributed by atoms with E-state index in [4.69, 9.17) is 9.84 Å². The van der Waals surface area contributed by atoms with Crippen LogP contribution in [0.5, 0.6) is 0 Å². The number of benzene rings is 1. The van der Waals surface area contributed by atoms with Crippen LogP contribution in [0.4, 0.5) is 5.69 Å². The maximum atomic E-state index is 8.75. The van der Waals surface area contributed by atoms with E-state index in [1.54, 1.807) is 0 Å². The SMILES string of the molecule is Cc1c(COC(C)C)cccc1NCCCO. The lowest BCUT2D eigenvalue weighted by molar-refractivity contribution is 0.0654. The Kier molecular flexibility index (Phi) is 6.01. The van der Waals surface area contributed by atoms with E-state index >= 15 is 0 Å². The molecule has 0 saturated carbocycles. The van der Waals surface area contributed by atoms with Gasteiger partial charge in [-0.1, -0.05) is 12.1 Å². The van der Waals surface area contributed by atoms with Crippen LogP contribution in [0.1, 0.15) is 31.4 Å². The van der Waals surface area contributed by atoms with Crippen molar-refractivity contribution in [1.29, 1.82) is 0 Å². The molecule has 3 nitrogen and oxygen atoms in total. The van der Waals surface area contributed by atoms with Crippen molar-refractivity contribution < 1.29 is 9.84 Å². The van der Waals surface area contributed by atoms with Crippen LogP contribution in [0.15, 0.2) is 18.2 Å². The normalized spacial score (nSPS) is 10.9. The predicted molar refractivity (Wildman–Crippen MR) is 71.3 cm³/mol. The van der Waals surface area contributed by atoms with Crippen LogP contribution >= 0.6 is 0 Å². The van der Waals surface area contributed by atoms with Gasteiger partial charge < -0.3 is 15.2 Å². The largest absolute Gasteiger partial charge is 0.396 e. The van der Waals surface area contributed by atoms with Gasteiger partial charge in [-0.3, -0.25) is 0 Å². The van der Waals surface area contributed by atoms with E-state index in [1.165, 1.54) is 11.1 Å². The summed E-state index contributed by atoms with van der Waals surface area (Å²) in [7, 11) is 0. The van der Waals surface area contributed by atoms with Crippen molar-refractivity contribution in [2.75, 3.05) is 18.5 Å². The summed E-state index contributed by atoms with van der Waals surface area (Å²) in [6.07, 6.45) is 1.02. The van der Waals surface area contributed by atoms with E-state index in [-0.39, 0.29) is 12.7 Å². The Balaban J connectivity index is 2.63. The molecule has 0 amide bonds. The maximum absolute atomic E-state index is 8.75. The highest BCUT2D eigenvalue weighted by Crippen LogP contribution is 2.20. The molecule has 1 aromatic rings. The fourth-order valence-corrected chi connectivity index (χ4v) is 1.59. The fourth-order valence-electron chi connectivity index (χ4n) is 1.59. The van der Waals surface area contributed by atoms with E-state index < -0.39 is 0 Å². The second-order valence-electron chi connectivity index (χ2n) is 4.45. The molecule has 1 aromatic carbocycles. The van der Waals surface area contributed by atoms with Crippen molar-refractivity contribution in [1.82, 2.24) is 0 Å². The first-order chi connectivity index (χ1) is 8.15. The Morgan fingerprint density at radius 3 is 2.76 bits per heavy atom. The minimum Gasteiger partial charge on any atom is -0.396 e. The molecule has 2 N–H and O–H groups in total. The summed E-state index contributed by atoms with van der Waals surface area (Å²) >= 11 is 0. The van der Waals surface area contributed by atoms with Crippen LogP contribution in [-0.4, -0.2) is 24.4 Å². The van der Waals surface area contributed by atoms with Gasteiger partial charge in [0, 0.05) is 18.8 Å². The van der Waals surface area contributed by atoms with Crippen molar-refractivity contribution in [3.8, 4) is 0 Å². The number of hydrogen-bond donors (Lipinski definition) is 2. The molecule has 0 heterocycles. The van der Waals surface area contributed by atoms with Crippen LogP contribution in [0.2, 0.25) is 0 Å². The topological polar surface area (TPSA) is 41.5 Å². The molecule has 0 radical (unpaired) electrons. The summed E-state index contributed by atoms with van der Waals surface area (Å²) in [5.74, 6) is 0. The second-order valence-corrected chi connectivity index (χ2v) is 4.45. The Labute approximate surface area is 104 Å². The Hall–Kier alpha value is -1.06. The van der Waals surface area contributed by atoms with Crippen molar-refractivity contribution >= 4 is 5.69 Å². The summed E-state index contributed by atoms with van der Waals surface area (Å²) in [5, 5.41) is 12.1. The van der Waals surface area contributed by atoms with Crippen molar-refractivity contribution in [3.05, 3.63) is 29.3 Å². The number of rotatable bonds is 7. The van der Waals surface area contributed by atoms with Crippen molar-refractivity contribution in [2.45, 2.75) is 39.9 Å². The van der Waals surface area contributed by atoms with E-state index in [0.717, 1.165) is 18.7 Å². The second kappa shape index (κ2) is 7.30. The van der Waals surface area contributed by atoms with Gasteiger partial charge in [0.1, 0.15) is 0 Å². The van der Waals surface area contributed by atoms with E-state index in [0.29, 0.717) is 6.61 Å². The van der Waals surface area contributed by atoms with Gasteiger partial charge in [0.25, 0.3) is 0 Å². The molecule has 0 spiro atoms. The highest BCUT2D eigenvalue weighted by atomic mass is 16.5. The summed E-state index contributed by atoms with van der Waals surface area (Å²) in [6.45, 7) is 7.85. The lowest BCUT2D eigenvalue weighted by Gasteiger charge is -2.14. The number of hydrogen-bond acceptors (Lipinski definition) is 3. The molecular weight excluding hydrogens is 214 g/mol. The number of nitrogens with one attached hydrogen (secondary N) is 1. The highest BCUT2D eigenvalue weighted by molar-refractivity contribution is 5.53. The Morgan fingerprint density at radius 1 is 1.35 bits per heavy atom. The third-order valence-corrected chi connectivity index (χ3v) is 2.67. The zero-order chi connectivity index (χ0) is 12.7. The van der Waals surface area contributed by atoms with E-state index in [9.17, 15) is 0 Å². The number of aliphatic hydroxyl groups excluding tert-OH is 1. The zero-order valence-corrected chi connectivity index (χ0v) is 11.0. The third kappa shape index (κ3) is 4.75. The van der Waals surface area contributed by atoms with Crippen LogP contribution < -0.4 is 5.32 Å². The Bertz CT molecular complexity index is 337. The Morgan fingerprint density at radius 2 is 2.12 bits per heavy atom. The molecule has 0 aromatic heterocycles. The molecule has 0 aliphatic heterocycles. The van der Waals surface area contributed by atoms with Gasteiger partial charge >= 0.3 is 0 Å². The molecule has 0 bridgehead atoms.